The number of aliphatic carboxylic acids is 1. The summed E-state index contributed by atoms with van der Waals surface area (Å²) in [4.78, 5) is 23.1. The van der Waals surface area contributed by atoms with Gasteiger partial charge in [0.15, 0.2) is 0 Å². The van der Waals surface area contributed by atoms with Crippen molar-refractivity contribution in [1.82, 2.24) is 5.32 Å². The third-order valence-corrected chi connectivity index (χ3v) is 4.07. The molecule has 0 bridgehead atoms. The molecule has 0 saturated carbocycles. The predicted molar refractivity (Wildman–Crippen MR) is 94.1 cm³/mol. The largest absolute Gasteiger partial charge is 0.481 e. The van der Waals surface area contributed by atoms with Gasteiger partial charge >= 0.3 is 5.97 Å². The molecule has 2 aromatic rings. The first-order valence-corrected chi connectivity index (χ1v) is 8.21. The van der Waals surface area contributed by atoms with Gasteiger partial charge in [-0.05, 0) is 30.0 Å². The van der Waals surface area contributed by atoms with Crippen LogP contribution in [0.2, 0.25) is 5.02 Å². The van der Waals surface area contributed by atoms with Gasteiger partial charge in [0.1, 0.15) is 0 Å². The van der Waals surface area contributed by atoms with Gasteiger partial charge in [0.25, 0.3) is 0 Å². The maximum atomic E-state index is 12.3. The molecule has 0 radical (unpaired) electrons. The molecule has 0 aliphatic carbocycles. The van der Waals surface area contributed by atoms with Crippen LogP contribution in [-0.2, 0) is 22.4 Å². The zero-order chi connectivity index (χ0) is 17.4. The second-order valence-electron chi connectivity index (χ2n) is 5.65. The van der Waals surface area contributed by atoms with Crippen LogP contribution < -0.4 is 5.32 Å². The normalized spacial score (nSPS) is 11.7. The fourth-order valence-corrected chi connectivity index (χ4v) is 2.72. The van der Waals surface area contributed by atoms with E-state index >= 15 is 0 Å². The molecule has 0 aromatic heterocycles. The Hall–Kier alpha value is -2.33. The van der Waals surface area contributed by atoms with Gasteiger partial charge in [0.2, 0.25) is 5.91 Å². The summed E-state index contributed by atoms with van der Waals surface area (Å²) in [6.45, 7) is 0. The average Bonchev–Trinajstić information content (AvgIpc) is 2.56. The number of benzene rings is 2. The molecule has 0 heterocycles. The molecule has 126 valence electrons. The highest BCUT2D eigenvalue weighted by molar-refractivity contribution is 6.31. The van der Waals surface area contributed by atoms with Crippen molar-refractivity contribution in [3.05, 3.63) is 70.7 Å². The van der Waals surface area contributed by atoms with Gasteiger partial charge in [-0.2, -0.15) is 0 Å². The molecule has 0 aliphatic heterocycles. The second-order valence-corrected chi connectivity index (χ2v) is 6.06. The van der Waals surface area contributed by atoms with E-state index in [1.54, 1.807) is 6.07 Å². The molecule has 1 atom stereocenters. The molecule has 0 fully saturated rings. The van der Waals surface area contributed by atoms with Crippen molar-refractivity contribution in [1.29, 1.82) is 0 Å². The van der Waals surface area contributed by atoms with E-state index < -0.39 is 5.97 Å². The van der Waals surface area contributed by atoms with Crippen LogP contribution in [0.15, 0.2) is 54.6 Å². The summed E-state index contributed by atoms with van der Waals surface area (Å²) in [6, 6.07) is 16.7. The Morgan fingerprint density at radius 3 is 2.38 bits per heavy atom. The highest BCUT2D eigenvalue weighted by atomic mass is 35.5. The van der Waals surface area contributed by atoms with Crippen molar-refractivity contribution in [2.75, 3.05) is 0 Å². The van der Waals surface area contributed by atoms with Crippen molar-refractivity contribution in [2.24, 2.45) is 0 Å². The molecule has 1 unspecified atom stereocenters. The Kier molecular flexibility index (Phi) is 6.82. The summed E-state index contributed by atoms with van der Waals surface area (Å²) in [5, 5.41) is 12.4. The Balaban J connectivity index is 1.99. The van der Waals surface area contributed by atoms with Crippen molar-refractivity contribution in [2.45, 2.75) is 31.7 Å². The number of carboxylic acids is 1. The number of halogens is 1. The molecule has 0 aliphatic rings. The molecule has 0 saturated heterocycles. The highest BCUT2D eigenvalue weighted by Crippen LogP contribution is 2.16. The molecule has 1 amide bonds. The van der Waals surface area contributed by atoms with Crippen LogP contribution in [0, 0.1) is 0 Å². The first kappa shape index (κ1) is 18.0. The average molecular weight is 346 g/mol. The lowest BCUT2D eigenvalue weighted by molar-refractivity contribution is -0.137. The molecular formula is C19H20ClNO3. The van der Waals surface area contributed by atoms with Crippen LogP contribution in [-0.4, -0.2) is 23.0 Å². The Bertz CT molecular complexity index is 688. The van der Waals surface area contributed by atoms with Gasteiger partial charge in [-0.1, -0.05) is 60.1 Å². The maximum absolute atomic E-state index is 12.3. The number of nitrogens with one attached hydrogen (secondary N) is 1. The first-order valence-electron chi connectivity index (χ1n) is 7.83. The van der Waals surface area contributed by atoms with Crippen LogP contribution in [0.1, 0.15) is 24.0 Å². The van der Waals surface area contributed by atoms with Gasteiger partial charge in [-0.25, -0.2) is 0 Å². The van der Waals surface area contributed by atoms with E-state index in [9.17, 15) is 9.59 Å². The fraction of sp³-hybridized carbons (Fsp3) is 0.263. The minimum atomic E-state index is -0.867. The van der Waals surface area contributed by atoms with E-state index in [4.69, 9.17) is 16.7 Å². The van der Waals surface area contributed by atoms with Crippen LogP contribution in [0.4, 0.5) is 0 Å². The Morgan fingerprint density at radius 1 is 1.04 bits per heavy atom. The molecule has 4 nitrogen and oxygen atoms in total. The molecule has 2 rings (SSSR count). The van der Waals surface area contributed by atoms with Crippen LogP contribution in [0.25, 0.3) is 0 Å². The van der Waals surface area contributed by atoms with E-state index in [1.165, 1.54) is 0 Å². The van der Waals surface area contributed by atoms with Gasteiger partial charge in [-0.3, -0.25) is 9.59 Å². The predicted octanol–water partition coefficient (Wildman–Crippen LogP) is 3.47. The summed E-state index contributed by atoms with van der Waals surface area (Å²) in [5.41, 5.74) is 1.82. The number of carbonyl (C=O) groups is 2. The zero-order valence-electron chi connectivity index (χ0n) is 13.2. The summed E-state index contributed by atoms with van der Waals surface area (Å²) in [7, 11) is 0. The van der Waals surface area contributed by atoms with E-state index in [-0.39, 0.29) is 24.8 Å². The molecule has 2 N–H and O–H groups in total. The number of carbonyl (C=O) groups excluding carboxylic acids is 1. The SMILES string of the molecule is O=C(O)CCC(Cc1ccccc1)NC(=O)Cc1ccccc1Cl. The van der Waals surface area contributed by atoms with Crippen molar-refractivity contribution in [3.63, 3.8) is 0 Å². The van der Waals surface area contributed by atoms with Crippen LogP contribution in [0.3, 0.4) is 0 Å². The zero-order valence-corrected chi connectivity index (χ0v) is 14.0. The van der Waals surface area contributed by atoms with Gasteiger partial charge < -0.3 is 10.4 Å². The van der Waals surface area contributed by atoms with Crippen molar-refractivity contribution >= 4 is 23.5 Å². The monoisotopic (exact) mass is 345 g/mol. The summed E-state index contributed by atoms with van der Waals surface area (Å²) in [6.07, 6.45) is 1.18. The van der Waals surface area contributed by atoms with Crippen LogP contribution in [0.5, 0.6) is 0 Å². The van der Waals surface area contributed by atoms with Gasteiger partial charge in [-0.15, -0.1) is 0 Å². The van der Waals surface area contributed by atoms with E-state index in [2.05, 4.69) is 5.32 Å². The quantitative estimate of drug-likeness (QED) is 0.769. The number of hydrogen-bond donors (Lipinski definition) is 2. The van der Waals surface area contributed by atoms with E-state index in [1.807, 2.05) is 48.5 Å². The third kappa shape index (κ3) is 6.05. The fourth-order valence-electron chi connectivity index (χ4n) is 2.52. The smallest absolute Gasteiger partial charge is 0.303 e. The van der Waals surface area contributed by atoms with Crippen molar-refractivity contribution in [3.8, 4) is 0 Å². The third-order valence-electron chi connectivity index (χ3n) is 3.71. The molecule has 2 aromatic carbocycles. The Morgan fingerprint density at radius 2 is 1.71 bits per heavy atom. The highest BCUT2D eigenvalue weighted by Gasteiger charge is 2.15. The van der Waals surface area contributed by atoms with Crippen LogP contribution >= 0.6 is 11.6 Å². The number of carboxylic acid groups (broad SMARTS) is 1. The maximum Gasteiger partial charge on any atom is 0.303 e. The van der Waals surface area contributed by atoms with Crippen molar-refractivity contribution < 1.29 is 14.7 Å². The summed E-state index contributed by atoms with van der Waals surface area (Å²) >= 11 is 6.08. The topological polar surface area (TPSA) is 66.4 Å². The second kappa shape index (κ2) is 9.08. The lowest BCUT2D eigenvalue weighted by Crippen LogP contribution is -2.37. The molecular weight excluding hydrogens is 326 g/mol. The van der Waals surface area contributed by atoms with E-state index in [0.29, 0.717) is 17.9 Å². The van der Waals surface area contributed by atoms with Gasteiger partial charge in [0.05, 0.1) is 6.42 Å². The lowest BCUT2D eigenvalue weighted by atomic mass is 10.0. The van der Waals surface area contributed by atoms with E-state index in [0.717, 1.165) is 11.1 Å². The van der Waals surface area contributed by atoms with Gasteiger partial charge in [0, 0.05) is 17.5 Å². The molecule has 24 heavy (non-hydrogen) atoms. The Labute approximate surface area is 146 Å². The minimum absolute atomic E-state index is 0.0177. The number of hydrogen-bond acceptors (Lipinski definition) is 2. The molecule has 5 heteroatoms. The first-order chi connectivity index (χ1) is 11.5. The molecule has 0 spiro atoms. The standard InChI is InChI=1S/C19H20ClNO3/c20-17-9-5-4-8-15(17)13-18(22)21-16(10-11-19(23)24)12-14-6-2-1-3-7-14/h1-9,16H,10-13H2,(H,21,22)(H,23,24). The summed E-state index contributed by atoms with van der Waals surface area (Å²) < 4.78 is 0. The summed E-state index contributed by atoms with van der Waals surface area (Å²) in [5.74, 6) is -1.03. The minimum Gasteiger partial charge on any atom is -0.481 e. The number of amides is 1. The number of rotatable bonds is 8. The lowest BCUT2D eigenvalue weighted by Gasteiger charge is -2.18.